The monoisotopic (exact) mass is 377 g/mol. The van der Waals surface area contributed by atoms with E-state index in [1.165, 1.54) is 12.1 Å². The average molecular weight is 377 g/mol. The Hall–Kier alpha value is -1.49. The first kappa shape index (κ1) is 18.8. The zero-order chi connectivity index (χ0) is 18.3. The third kappa shape index (κ3) is 3.77. The molecule has 0 bridgehead atoms. The van der Waals surface area contributed by atoms with E-state index < -0.39 is 56.0 Å². The van der Waals surface area contributed by atoms with Gasteiger partial charge in [-0.25, -0.2) is 16.8 Å². The second-order valence-electron chi connectivity index (χ2n) is 5.90. The van der Waals surface area contributed by atoms with Crippen molar-refractivity contribution in [1.82, 2.24) is 4.31 Å². The second kappa shape index (κ2) is 6.43. The van der Waals surface area contributed by atoms with Crippen LogP contribution in [0, 0.1) is 13.8 Å². The Morgan fingerprint density at radius 3 is 2.33 bits per heavy atom. The molecule has 134 valence electrons. The van der Waals surface area contributed by atoms with Gasteiger partial charge in [-0.1, -0.05) is 6.07 Å². The molecule has 2 rings (SSSR count). The molecule has 1 aliphatic rings. The van der Waals surface area contributed by atoms with Crippen molar-refractivity contribution in [1.29, 1.82) is 0 Å². The number of rotatable bonds is 5. The van der Waals surface area contributed by atoms with Crippen LogP contribution in [-0.2, 0) is 24.7 Å². The number of sulfonamides is 1. The lowest BCUT2D eigenvalue weighted by Gasteiger charge is -2.28. The topological polar surface area (TPSA) is 129 Å². The van der Waals surface area contributed by atoms with E-state index >= 15 is 0 Å². The first-order chi connectivity index (χ1) is 10.9. The predicted molar refractivity (Wildman–Crippen MR) is 85.9 cm³/mol. The van der Waals surface area contributed by atoms with E-state index in [-0.39, 0.29) is 4.90 Å². The Kier molecular flexibility index (Phi) is 5.05. The van der Waals surface area contributed by atoms with Gasteiger partial charge in [0, 0.05) is 0 Å². The number of aliphatic carboxylic acids is 1. The summed E-state index contributed by atoms with van der Waals surface area (Å²) in [6, 6.07) is 3.00. The van der Waals surface area contributed by atoms with Gasteiger partial charge in [0.05, 0.1) is 28.5 Å². The number of hydrogen-bond acceptors (Lipinski definition) is 6. The summed E-state index contributed by atoms with van der Waals surface area (Å²) in [5.41, 5.74) is 1.56. The van der Waals surface area contributed by atoms with Crippen LogP contribution in [-0.4, -0.2) is 67.5 Å². The molecule has 0 unspecified atom stereocenters. The minimum atomic E-state index is -4.27. The number of aryl methyl sites for hydroxylation is 2. The predicted octanol–water partition coefficient (Wildman–Crippen LogP) is -0.463. The first-order valence-corrected chi connectivity index (χ1v) is 10.4. The Bertz CT molecular complexity index is 861. The molecule has 1 fully saturated rings. The average Bonchev–Trinajstić information content (AvgIpc) is 2.71. The summed E-state index contributed by atoms with van der Waals surface area (Å²) in [7, 11) is -7.91. The molecular weight excluding hydrogens is 358 g/mol. The van der Waals surface area contributed by atoms with Crippen molar-refractivity contribution < 1.29 is 31.8 Å². The van der Waals surface area contributed by atoms with Crippen LogP contribution in [0.15, 0.2) is 23.1 Å². The summed E-state index contributed by atoms with van der Waals surface area (Å²) in [4.78, 5) is 11.0. The Morgan fingerprint density at radius 2 is 1.88 bits per heavy atom. The maximum atomic E-state index is 12.8. The third-order valence-corrected chi connectivity index (χ3v) is 7.61. The van der Waals surface area contributed by atoms with Gasteiger partial charge in [0.25, 0.3) is 0 Å². The maximum absolute atomic E-state index is 12.8. The summed E-state index contributed by atoms with van der Waals surface area (Å²) in [6.45, 7) is 2.59. The van der Waals surface area contributed by atoms with Crippen molar-refractivity contribution in [3.63, 3.8) is 0 Å². The molecule has 1 aliphatic heterocycles. The van der Waals surface area contributed by atoms with E-state index in [4.69, 9.17) is 5.11 Å². The number of aliphatic hydroxyl groups is 1. The van der Waals surface area contributed by atoms with Crippen LogP contribution in [0.3, 0.4) is 0 Å². The highest BCUT2D eigenvalue weighted by Gasteiger charge is 2.45. The lowest BCUT2D eigenvalue weighted by Crippen LogP contribution is -2.48. The van der Waals surface area contributed by atoms with Crippen LogP contribution in [0.4, 0.5) is 0 Å². The highest BCUT2D eigenvalue weighted by molar-refractivity contribution is 7.92. The summed E-state index contributed by atoms with van der Waals surface area (Å²) < 4.78 is 49.6. The fourth-order valence-corrected chi connectivity index (χ4v) is 6.19. The third-order valence-electron chi connectivity index (χ3n) is 4.04. The number of aliphatic hydroxyl groups excluding tert-OH is 1. The fourth-order valence-electron chi connectivity index (χ4n) is 2.61. The Labute approximate surface area is 140 Å². The quantitative estimate of drug-likeness (QED) is 0.710. The standard InChI is InChI=1S/C14H19NO7S2/c1-9-3-4-11(5-10(9)2)24(21,22)15(6-14(17)18)12-7-23(19,20)8-13(12)16/h3-5,12-13,16H,6-8H2,1-2H3,(H,17,18)/t12-,13+/m0/s1. The van der Waals surface area contributed by atoms with Crippen molar-refractivity contribution in [3.8, 4) is 0 Å². The molecule has 2 atom stereocenters. The minimum absolute atomic E-state index is 0.136. The SMILES string of the molecule is Cc1ccc(S(=O)(=O)N(CC(=O)O)[C@H]2CS(=O)(=O)C[C@H]2O)cc1C. The van der Waals surface area contributed by atoms with E-state index in [0.29, 0.717) is 9.87 Å². The van der Waals surface area contributed by atoms with Crippen molar-refractivity contribution >= 4 is 25.8 Å². The van der Waals surface area contributed by atoms with Crippen LogP contribution >= 0.6 is 0 Å². The summed E-state index contributed by atoms with van der Waals surface area (Å²) in [5.74, 6) is -2.62. The van der Waals surface area contributed by atoms with Crippen molar-refractivity contribution in [3.05, 3.63) is 29.3 Å². The van der Waals surface area contributed by atoms with Gasteiger partial charge in [0.2, 0.25) is 10.0 Å². The van der Waals surface area contributed by atoms with Gasteiger partial charge in [-0.2, -0.15) is 4.31 Å². The van der Waals surface area contributed by atoms with Gasteiger partial charge in [-0.05, 0) is 37.1 Å². The van der Waals surface area contributed by atoms with Gasteiger partial charge >= 0.3 is 5.97 Å². The molecule has 10 heteroatoms. The summed E-state index contributed by atoms with van der Waals surface area (Å²) in [6.07, 6.45) is -1.46. The number of benzene rings is 1. The molecule has 0 aromatic heterocycles. The first-order valence-electron chi connectivity index (χ1n) is 7.13. The van der Waals surface area contributed by atoms with Crippen molar-refractivity contribution in [2.45, 2.75) is 30.9 Å². The summed E-state index contributed by atoms with van der Waals surface area (Å²) >= 11 is 0. The van der Waals surface area contributed by atoms with Crippen LogP contribution in [0.1, 0.15) is 11.1 Å². The van der Waals surface area contributed by atoms with Crippen molar-refractivity contribution in [2.75, 3.05) is 18.1 Å². The molecular formula is C14H19NO7S2. The van der Waals surface area contributed by atoms with E-state index in [1.54, 1.807) is 19.9 Å². The van der Waals surface area contributed by atoms with Crippen LogP contribution < -0.4 is 0 Å². The zero-order valence-electron chi connectivity index (χ0n) is 13.2. The molecule has 0 amide bonds. The Morgan fingerprint density at radius 1 is 1.25 bits per heavy atom. The molecule has 8 nitrogen and oxygen atoms in total. The van der Waals surface area contributed by atoms with Crippen LogP contribution in [0.2, 0.25) is 0 Å². The lowest BCUT2D eigenvalue weighted by atomic mass is 10.1. The van der Waals surface area contributed by atoms with Crippen molar-refractivity contribution in [2.24, 2.45) is 0 Å². The molecule has 2 N–H and O–H groups in total. The molecule has 1 saturated heterocycles. The molecule has 1 aromatic rings. The van der Waals surface area contributed by atoms with Gasteiger partial charge < -0.3 is 10.2 Å². The molecule has 0 radical (unpaired) electrons. The van der Waals surface area contributed by atoms with Gasteiger partial charge in [0.1, 0.15) is 6.54 Å². The lowest BCUT2D eigenvalue weighted by molar-refractivity contribution is -0.137. The highest BCUT2D eigenvalue weighted by atomic mass is 32.2. The molecule has 0 saturated carbocycles. The molecule has 1 heterocycles. The zero-order valence-corrected chi connectivity index (χ0v) is 14.8. The molecule has 24 heavy (non-hydrogen) atoms. The number of hydrogen-bond donors (Lipinski definition) is 2. The summed E-state index contributed by atoms with van der Waals surface area (Å²) in [5, 5.41) is 19.0. The molecule has 1 aromatic carbocycles. The normalized spacial score (nSPS) is 23.5. The number of sulfone groups is 1. The molecule has 0 aliphatic carbocycles. The maximum Gasteiger partial charge on any atom is 0.318 e. The smallest absolute Gasteiger partial charge is 0.318 e. The van der Waals surface area contributed by atoms with E-state index in [9.17, 15) is 26.7 Å². The fraction of sp³-hybridized carbons (Fsp3) is 0.500. The molecule has 0 spiro atoms. The van der Waals surface area contributed by atoms with Gasteiger partial charge in [0.15, 0.2) is 9.84 Å². The van der Waals surface area contributed by atoms with E-state index in [0.717, 1.165) is 5.56 Å². The Balaban J connectivity index is 2.50. The van der Waals surface area contributed by atoms with E-state index in [1.807, 2.05) is 0 Å². The van der Waals surface area contributed by atoms with Crippen LogP contribution in [0.25, 0.3) is 0 Å². The van der Waals surface area contributed by atoms with E-state index in [2.05, 4.69) is 0 Å². The number of carboxylic acid groups (broad SMARTS) is 1. The largest absolute Gasteiger partial charge is 0.480 e. The number of carbonyl (C=O) groups is 1. The number of nitrogens with zero attached hydrogens (tertiary/aromatic N) is 1. The highest BCUT2D eigenvalue weighted by Crippen LogP contribution is 2.26. The van der Waals surface area contributed by atoms with Gasteiger partial charge in [-0.15, -0.1) is 0 Å². The van der Waals surface area contributed by atoms with Gasteiger partial charge in [-0.3, -0.25) is 4.79 Å². The van der Waals surface area contributed by atoms with Crippen LogP contribution in [0.5, 0.6) is 0 Å². The minimum Gasteiger partial charge on any atom is -0.480 e. The number of carboxylic acids is 1. The second-order valence-corrected chi connectivity index (χ2v) is 9.95.